The number of hydrogen-bond acceptors (Lipinski definition) is 3. The molecule has 0 bridgehead atoms. The average Bonchev–Trinajstić information content (AvgIpc) is 2.24. The summed E-state index contributed by atoms with van der Waals surface area (Å²) in [4.78, 5) is 6.10. The first-order chi connectivity index (χ1) is 8.15. The lowest BCUT2D eigenvalue weighted by atomic mass is 10.2. The summed E-state index contributed by atoms with van der Waals surface area (Å²) < 4.78 is 0. The zero-order chi connectivity index (χ0) is 12.7. The Hall–Kier alpha value is -0.350. The average molecular weight is 277 g/mol. The first kappa shape index (κ1) is 14.7. The fourth-order valence-corrected chi connectivity index (χ4v) is 2.16. The highest BCUT2D eigenvalue weighted by molar-refractivity contribution is 6.32. The third kappa shape index (κ3) is 5.68. The summed E-state index contributed by atoms with van der Waals surface area (Å²) in [6.45, 7) is 4.68. The lowest BCUT2D eigenvalue weighted by Gasteiger charge is -2.21. The standard InChI is InChI=1S/C12H18Cl2N2O/c1-2-3-4-16(5-6-17)9-10-7-11(13)15-12(14)8-10/h7-8,17H,2-6,9H2,1H3. The Morgan fingerprint density at radius 3 is 2.41 bits per heavy atom. The minimum atomic E-state index is 0.163. The lowest BCUT2D eigenvalue weighted by Crippen LogP contribution is -2.27. The zero-order valence-corrected chi connectivity index (χ0v) is 11.5. The fraction of sp³-hybridized carbons (Fsp3) is 0.583. The van der Waals surface area contributed by atoms with Crippen molar-refractivity contribution in [1.82, 2.24) is 9.88 Å². The molecule has 0 aromatic carbocycles. The molecule has 0 unspecified atom stereocenters. The second-order valence-corrected chi connectivity index (χ2v) is 4.75. The van der Waals surface area contributed by atoms with Gasteiger partial charge in [0, 0.05) is 13.1 Å². The van der Waals surface area contributed by atoms with Gasteiger partial charge in [-0.3, -0.25) is 4.90 Å². The van der Waals surface area contributed by atoms with Crippen LogP contribution in [0.3, 0.4) is 0 Å². The van der Waals surface area contributed by atoms with Crippen LogP contribution in [0, 0.1) is 0 Å². The smallest absolute Gasteiger partial charge is 0.131 e. The van der Waals surface area contributed by atoms with Crippen molar-refractivity contribution in [3.8, 4) is 0 Å². The first-order valence-electron chi connectivity index (χ1n) is 5.81. The number of nitrogens with zero attached hydrogens (tertiary/aromatic N) is 2. The van der Waals surface area contributed by atoms with E-state index in [1.54, 1.807) is 0 Å². The molecule has 96 valence electrons. The minimum absolute atomic E-state index is 0.163. The van der Waals surface area contributed by atoms with Gasteiger partial charge in [-0.1, -0.05) is 36.5 Å². The Morgan fingerprint density at radius 1 is 1.24 bits per heavy atom. The molecule has 0 aliphatic carbocycles. The molecule has 0 atom stereocenters. The molecule has 0 saturated carbocycles. The third-order valence-electron chi connectivity index (χ3n) is 2.47. The van der Waals surface area contributed by atoms with Gasteiger partial charge < -0.3 is 5.11 Å². The van der Waals surface area contributed by atoms with Gasteiger partial charge in [-0.2, -0.15) is 0 Å². The van der Waals surface area contributed by atoms with Crippen molar-refractivity contribution in [2.24, 2.45) is 0 Å². The quantitative estimate of drug-likeness (QED) is 0.778. The van der Waals surface area contributed by atoms with Gasteiger partial charge in [0.15, 0.2) is 0 Å². The maximum atomic E-state index is 9.02. The highest BCUT2D eigenvalue weighted by Gasteiger charge is 2.07. The molecule has 0 aliphatic heterocycles. The van der Waals surface area contributed by atoms with Crippen molar-refractivity contribution >= 4 is 23.2 Å². The summed E-state index contributed by atoms with van der Waals surface area (Å²) in [7, 11) is 0. The molecule has 0 amide bonds. The number of halogens is 2. The summed E-state index contributed by atoms with van der Waals surface area (Å²) >= 11 is 11.7. The maximum absolute atomic E-state index is 9.02. The van der Waals surface area contributed by atoms with Crippen LogP contribution < -0.4 is 0 Å². The lowest BCUT2D eigenvalue weighted by molar-refractivity contribution is 0.188. The molecule has 1 heterocycles. The van der Waals surface area contributed by atoms with Crippen LogP contribution >= 0.6 is 23.2 Å². The van der Waals surface area contributed by atoms with Crippen molar-refractivity contribution in [3.05, 3.63) is 28.0 Å². The zero-order valence-electron chi connectivity index (χ0n) is 9.99. The van der Waals surface area contributed by atoms with E-state index in [1.165, 1.54) is 0 Å². The number of aromatic nitrogens is 1. The molecule has 0 spiro atoms. The molecule has 17 heavy (non-hydrogen) atoms. The number of unbranched alkanes of at least 4 members (excludes halogenated alkanes) is 1. The minimum Gasteiger partial charge on any atom is -0.395 e. The first-order valence-corrected chi connectivity index (χ1v) is 6.56. The van der Waals surface area contributed by atoms with Crippen molar-refractivity contribution in [3.63, 3.8) is 0 Å². The van der Waals surface area contributed by atoms with E-state index in [1.807, 2.05) is 12.1 Å². The van der Waals surface area contributed by atoms with E-state index >= 15 is 0 Å². The van der Waals surface area contributed by atoms with Crippen LogP contribution in [-0.2, 0) is 6.54 Å². The van der Waals surface area contributed by atoms with E-state index < -0.39 is 0 Å². The summed E-state index contributed by atoms with van der Waals surface area (Å²) in [5.74, 6) is 0. The van der Waals surface area contributed by atoms with Crippen LogP contribution in [0.2, 0.25) is 10.3 Å². The molecule has 1 N–H and O–H groups in total. The van der Waals surface area contributed by atoms with Crippen LogP contribution in [0.5, 0.6) is 0 Å². The Morgan fingerprint density at radius 2 is 1.88 bits per heavy atom. The van der Waals surface area contributed by atoms with Crippen molar-refractivity contribution in [1.29, 1.82) is 0 Å². The highest BCUT2D eigenvalue weighted by Crippen LogP contribution is 2.16. The molecule has 3 nitrogen and oxygen atoms in total. The Kier molecular flexibility index (Phi) is 6.82. The predicted octanol–water partition coefficient (Wildman–Crippen LogP) is 2.98. The van der Waals surface area contributed by atoms with Crippen LogP contribution in [-0.4, -0.2) is 34.7 Å². The third-order valence-corrected chi connectivity index (χ3v) is 2.86. The Bertz CT molecular complexity index is 327. The number of aliphatic hydroxyl groups is 1. The topological polar surface area (TPSA) is 36.4 Å². The molecule has 1 rings (SSSR count). The number of aliphatic hydroxyl groups excluding tert-OH is 1. The molecular weight excluding hydrogens is 259 g/mol. The number of pyridine rings is 1. The maximum Gasteiger partial charge on any atom is 0.131 e. The highest BCUT2D eigenvalue weighted by atomic mass is 35.5. The summed E-state index contributed by atoms with van der Waals surface area (Å²) in [5.41, 5.74) is 1.03. The normalized spacial score (nSPS) is 11.1. The second kappa shape index (κ2) is 7.88. The second-order valence-electron chi connectivity index (χ2n) is 3.97. The van der Waals surface area contributed by atoms with Gasteiger partial charge in [0.2, 0.25) is 0 Å². The van der Waals surface area contributed by atoms with Crippen molar-refractivity contribution in [2.45, 2.75) is 26.3 Å². The molecule has 5 heteroatoms. The Labute approximate surface area is 112 Å². The molecule has 1 aromatic heterocycles. The summed E-state index contributed by atoms with van der Waals surface area (Å²) in [5, 5.41) is 9.84. The van der Waals surface area contributed by atoms with E-state index in [0.717, 1.165) is 31.5 Å². The van der Waals surface area contributed by atoms with Crippen molar-refractivity contribution in [2.75, 3.05) is 19.7 Å². The van der Waals surface area contributed by atoms with Crippen LogP contribution in [0.4, 0.5) is 0 Å². The molecular formula is C12H18Cl2N2O. The van der Waals surface area contributed by atoms with Gasteiger partial charge in [-0.25, -0.2) is 4.98 Å². The largest absolute Gasteiger partial charge is 0.395 e. The molecule has 0 saturated heterocycles. The SMILES string of the molecule is CCCCN(CCO)Cc1cc(Cl)nc(Cl)c1. The monoisotopic (exact) mass is 276 g/mol. The fourth-order valence-electron chi connectivity index (χ4n) is 1.66. The van der Waals surface area contributed by atoms with E-state index in [9.17, 15) is 0 Å². The van der Waals surface area contributed by atoms with Gasteiger partial charge >= 0.3 is 0 Å². The summed E-state index contributed by atoms with van der Waals surface area (Å²) in [6.07, 6.45) is 2.26. The molecule has 0 fully saturated rings. The molecule has 1 aromatic rings. The van der Waals surface area contributed by atoms with Gasteiger partial charge in [0.05, 0.1) is 6.61 Å². The van der Waals surface area contributed by atoms with Crippen LogP contribution in [0.25, 0.3) is 0 Å². The van der Waals surface area contributed by atoms with Crippen LogP contribution in [0.15, 0.2) is 12.1 Å². The summed E-state index contributed by atoms with van der Waals surface area (Å²) in [6, 6.07) is 3.62. The van der Waals surface area contributed by atoms with E-state index in [0.29, 0.717) is 16.9 Å². The molecule has 0 aliphatic rings. The van der Waals surface area contributed by atoms with E-state index in [4.69, 9.17) is 28.3 Å². The van der Waals surface area contributed by atoms with Gasteiger partial charge in [-0.05, 0) is 30.7 Å². The number of hydrogen-bond donors (Lipinski definition) is 1. The van der Waals surface area contributed by atoms with Gasteiger partial charge in [0.25, 0.3) is 0 Å². The number of rotatable bonds is 7. The van der Waals surface area contributed by atoms with E-state index in [-0.39, 0.29) is 6.61 Å². The predicted molar refractivity (Wildman–Crippen MR) is 71.5 cm³/mol. The van der Waals surface area contributed by atoms with E-state index in [2.05, 4.69) is 16.8 Å². The van der Waals surface area contributed by atoms with Crippen molar-refractivity contribution < 1.29 is 5.11 Å². The van der Waals surface area contributed by atoms with Gasteiger partial charge in [0.1, 0.15) is 10.3 Å². The van der Waals surface area contributed by atoms with Gasteiger partial charge in [-0.15, -0.1) is 0 Å². The molecule has 0 radical (unpaired) electrons. The Balaban J connectivity index is 2.63. The van der Waals surface area contributed by atoms with Crippen LogP contribution in [0.1, 0.15) is 25.3 Å².